The maximum atomic E-state index is 13.6. The van der Waals surface area contributed by atoms with Crippen LogP contribution in [-0.4, -0.2) is 39.0 Å². The van der Waals surface area contributed by atoms with Crippen LogP contribution >= 0.6 is 0 Å². The number of aromatic nitrogens is 2. The Labute approximate surface area is 169 Å². The normalized spacial score (nSPS) is 20.3. The zero-order valence-electron chi connectivity index (χ0n) is 15.8. The maximum Gasteiger partial charge on any atom is 0.263 e. The van der Waals surface area contributed by atoms with Crippen molar-refractivity contribution in [3.63, 3.8) is 0 Å². The molecule has 1 aromatic heterocycles. The molecule has 9 nitrogen and oxygen atoms in total. The number of halogens is 1. The van der Waals surface area contributed by atoms with E-state index in [1.807, 2.05) is 31.2 Å². The lowest BCUT2D eigenvalue weighted by atomic mass is 10.1. The second-order valence-corrected chi connectivity index (χ2v) is 7.01. The van der Waals surface area contributed by atoms with Crippen molar-refractivity contribution in [2.75, 3.05) is 4.90 Å². The van der Waals surface area contributed by atoms with E-state index in [1.165, 1.54) is 23.2 Å². The van der Waals surface area contributed by atoms with Crippen LogP contribution in [0.25, 0.3) is 11.4 Å². The first kappa shape index (κ1) is 18.1. The molecule has 0 bridgehead atoms. The van der Waals surface area contributed by atoms with Crippen molar-refractivity contribution >= 4 is 17.5 Å². The van der Waals surface area contributed by atoms with Gasteiger partial charge in [-0.15, -0.1) is 0 Å². The quantitative estimate of drug-likeness (QED) is 0.617. The van der Waals surface area contributed by atoms with E-state index in [1.54, 1.807) is 0 Å². The predicted octanol–water partition coefficient (Wildman–Crippen LogP) is 2.68. The second kappa shape index (κ2) is 6.83. The molecule has 2 aliphatic heterocycles. The number of hydrogen-bond acceptors (Lipinski definition) is 8. The summed E-state index contributed by atoms with van der Waals surface area (Å²) < 4.78 is 18.9. The van der Waals surface area contributed by atoms with Gasteiger partial charge in [0.2, 0.25) is 11.7 Å². The SMILES string of the molecule is Cc1ccccc1-c1noc(CN2N=NC3C(=O)N(c4cccc(F)c4)C(=O)C32)n1. The molecular formula is C20H15FN6O3. The third-order valence-electron chi connectivity index (χ3n) is 5.08. The molecule has 2 amide bonds. The van der Waals surface area contributed by atoms with Gasteiger partial charge < -0.3 is 4.52 Å². The average Bonchev–Trinajstić information content (AvgIpc) is 3.41. The highest BCUT2D eigenvalue weighted by Crippen LogP contribution is 2.33. The number of amides is 2. The van der Waals surface area contributed by atoms with Gasteiger partial charge in [0.05, 0.1) is 5.69 Å². The molecule has 3 aromatic rings. The van der Waals surface area contributed by atoms with Gasteiger partial charge in [0, 0.05) is 5.56 Å². The van der Waals surface area contributed by atoms with Crippen LogP contribution < -0.4 is 4.90 Å². The molecule has 0 spiro atoms. The van der Waals surface area contributed by atoms with E-state index in [0.717, 1.165) is 22.1 Å². The first-order chi connectivity index (χ1) is 14.5. The first-order valence-corrected chi connectivity index (χ1v) is 9.22. The standard InChI is InChI=1S/C20H15FN6O3/c1-11-5-2-3-8-14(11)18-22-15(30-24-18)10-26-17-16(23-25-26)19(28)27(20(17)29)13-7-4-6-12(21)9-13/h2-9,16-17H,10H2,1H3. The molecule has 10 heteroatoms. The molecule has 2 atom stereocenters. The molecule has 2 aromatic carbocycles. The molecule has 2 unspecified atom stereocenters. The monoisotopic (exact) mass is 406 g/mol. The van der Waals surface area contributed by atoms with Gasteiger partial charge in [-0.2, -0.15) is 10.1 Å². The molecular weight excluding hydrogens is 391 g/mol. The number of anilines is 1. The van der Waals surface area contributed by atoms with E-state index < -0.39 is 29.7 Å². The minimum atomic E-state index is -0.987. The van der Waals surface area contributed by atoms with Crippen LogP contribution in [0.5, 0.6) is 0 Å². The lowest BCUT2D eigenvalue weighted by molar-refractivity contribution is -0.123. The molecule has 1 saturated heterocycles. The zero-order chi connectivity index (χ0) is 20.8. The summed E-state index contributed by atoms with van der Waals surface area (Å²) in [4.78, 5) is 30.9. The summed E-state index contributed by atoms with van der Waals surface area (Å²) in [6, 6.07) is 11.0. The number of aryl methyl sites for hydroxylation is 1. The molecule has 30 heavy (non-hydrogen) atoms. The number of nitrogens with zero attached hydrogens (tertiary/aromatic N) is 6. The second-order valence-electron chi connectivity index (χ2n) is 7.01. The van der Waals surface area contributed by atoms with Crippen molar-refractivity contribution in [3.8, 4) is 11.4 Å². The first-order valence-electron chi connectivity index (χ1n) is 9.22. The molecule has 2 aliphatic rings. The summed E-state index contributed by atoms with van der Waals surface area (Å²) in [6.07, 6.45) is 0. The van der Waals surface area contributed by atoms with Crippen LogP contribution in [0.3, 0.4) is 0 Å². The number of hydrogen-bond donors (Lipinski definition) is 0. The summed E-state index contributed by atoms with van der Waals surface area (Å²) in [5.74, 6) is -0.964. The predicted molar refractivity (Wildman–Crippen MR) is 101 cm³/mol. The molecule has 1 fully saturated rings. The van der Waals surface area contributed by atoms with Gasteiger partial charge in [-0.05, 0) is 30.7 Å². The van der Waals surface area contributed by atoms with Gasteiger partial charge >= 0.3 is 0 Å². The fourth-order valence-electron chi connectivity index (χ4n) is 3.61. The van der Waals surface area contributed by atoms with Crippen molar-refractivity contribution in [2.24, 2.45) is 10.3 Å². The Hall–Kier alpha value is -3.95. The minimum Gasteiger partial charge on any atom is -0.337 e. The smallest absolute Gasteiger partial charge is 0.263 e. The van der Waals surface area contributed by atoms with Crippen molar-refractivity contribution in [1.29, 1.82) is 0 Å². The number of carbonyl (C=O) groups is 2. The van der Waals surface area contributed by atoms with Crippen LogP contribution in [0.4, 0.5) is 10.1 Å². The van der Waals surface area contributed by atoms with E-state index in [9.17, 15) is 14.0 Å². The Morgan fingerprint density at radius 1 is 1.10 bits per heavy atom. The summed E-state index contributed by atoms with van der Waals surface area (Å²) in [7, 11) is 0. The topological polar surface area (TPSA) is 104 Å². The van der Waals surface area contributed by atoms with Gasteiger partial charge in [-0.3, -0.25) is 14.6 Å². The number of fused-ring (bicyclic) bond motifs is 1. The summed E-state index contributed by atoms with van der Waals surface area (Å²) in [6.45, 7) is 1.95. The highest BCUT2D eigenvalue weighted by atomic mass is 19.1. The minimum absolute atomic E-state index is 0.0135. The van der Waals surface area contributed by atoms with E-state index in [4.69, 9.17) is 4.52 Å². The third-order valence-corrected chi connectivity index (χ3v) is 5.08. The van der Waals surface area contributed by atoms with Crippen molar-refractivity contribution < 1.29 is 18.5 Å². The van der Waals surface area contributed by atoms with Gasteiger partial charge in [0.1, 0.15) is 12.4 Å². The number of imide groups is 1. The van der Waals surface area contributed by atoms with Gasteiger partial charge in [-0.1, -0.05) is 40.7 Å². The molecule has 0 saturated carbocycles. The fourth-order valence-corrected chi connectivity index (χ4v) is 3.61. The molecule has 0 radical (unpaired) electrons. The highest BCUT2D eigenvalue weighted by molar-refractivity contribution is 6.25. The Bertz CT molecular complexity index is 1190. The zero-order valence-corrected chi connectivity index (χ0v) is 15.8. The summed E-state index contributed by atoms with van der Waals surface area (Å²) >= 11 is 0. The highest BCUT2D eigenvalue weighted by Gasteiger charge is 2.55. The van der Waals surface area contributed by atoms with Gasteiger partial charge in [0.25, 0.3) is 11.8 Å². The largest absolute Gasteiger partial charge is 0.337 e. The van der Waals surface area contributed by atoms with Crippen molar-refractivity contribution in [1.82, 2.24) is 15.1 Å². The van der Waals surface area contributed by atoms with Crippen molar-refractivity contribution in [3.05, 3.63) is 65.8 Å². The third kappa shape index (κ3) is 2.84. The van der Waals surface area contributed by atoms with E-state index >= 15 is 0 Å². The van der Waals surface area contributed by atoms with Crippen LogP contribution in [0.1, 0.15) is 11.5 Å². The Morgan fingerprint density at radius 3 is 2.73 bits per heavy atom. The van der Waals surface area contributed by atoms with Gasteiger partial charge in [0.15, 0.2) is 12.1 Å². The van der Waals surface area contributed by atoms with E-state index in [-0.39, 0.29) is 18.1 Å². The maximum absolute atomic E-state index is 13.6. The fraction of sp³-hybridized carbons (Fsp3) is 0.200. The number of rotatable bonds is 4. The number of carbonyl (C=O) groups excluding carboxylic acids is 2. The van der Waals surface area contributed by atoms with E-state index in [0.29, 0.717) is 5.82 Å². The van der Waals surface area contributed by atoms with Crippen LogP contribution in [0.2, 0.25) is 0 Å². The molecule has 0 N–H and O–H groups in total. The van der Waals surface area contributed by atoms with Crippen LogP contribution in [-0.2, 0) is 16.1 Å². The van der Waals surface area contributed by atoms with Gasteiger partial charge in [-0.25, -0.2) is 9.29 Å². The van der Waals surface area contributed by atoms with Crippen LogP contribution in [0, 0.1) is 12.7 Å². The average molecular weight is 406 g/mol. The summed E-state index contributed by atoms with van der Waals surface area (Å²) in [5, 5.41) is 13.2. The van der Waals surface area contributed by atoms with Crippen molar-refractivity contribution in [2.45, 2.75) is 25.6 Å². The Kier molecular flexibility index (Phi) is 4.12. The summed E-state index contributed by atoms with van der Waals surface area (Å²) in [5.41, 5.74) is 1.99. The number of benzene rings is 2. The van der Waals surface area contributed by atoms with Crippen LogP contribution in [0.15, 0.2) is 63.4 Å². The molecule has 0 aliphatic carbocycles. The van der Waals surface area contributed by atoms with E-state index in [2.05, 4.69) is 20.5 Å². The molecule has 3 heterocycles. The molecule has 5 rings (SSSR count). The Morgan fingerprint density at radius 2 is 1.93 bits per heavy atom. The molecule has 150 valence electrons. The lowest BCUT2D eigenvalue weighted by Gasteiger charge is -2.19. The lowest BCUT2D eigenvalue weighted by Crippen LogP contribution is -2.39. The Balaban J connectivity index is 1.38.